The van der Waals surface area contributed by atoms with E-state index in [1.54, 1.807) is 17.0 Å². The van der Waals surface area contributed by atoms with Crippen molar-refractivity contribution in [1.82, 2.24) is 4.90 Å². The Morgan fingerprint density at radius 1 is 1.19 bits per heavy atom. The Morgan fingerprint density at radius 2 is 1.87 bits per heavy atom. The molecule has 0 radical (unpaired) electrons. The molecule has 31 heavy (non-hydrogen) atoms. The number of hydrogen-bond donors (Lipinski definition) is 1. The van der Waals surface area contributed by atoms with Crippen molar-refractivity contribution in [2.75, 3.05) is 13.2 Å². The lowest BCUT2D eigenvalue weighted by Crippen LogP contribution is -2.32. The summed E-state index contributed by atoms with van der Waals surface area (Å²) in [6.07, 6.45) is 0.728. The standard InChI is InChI=1S/C25H31NO4S/c1-16(2)30-14-7-13-26-21(17-9-11-18(12-10-17)25(3,4)5)20(23(28)24(26)29)22(27)19-8-6-15-31-19/h6,8-12,15-16,21,28H,7,13-14H2,1-5H3/t21-/m0/s1. The van der Waals surface area contributed by atoms with E-state index < -0.39 is 17.7 Å². The molecular formula is C25H31NO4S. The first-order chi connectivity index (χ1) is 14.6. The monoisotopic (exact) mass is 441 g/mol. The summed E-state index contributed by atoms with van der Waals surface area (Å²) in [5.41, 5.74) is 2.12. The Hall–Kier alpha value is -2.44. The van der Waals surface area contributed by atoms with Gasteiger partial charge in [-0.05, 0) is 48.3 Å². The van der Waals surface area contributed by atoms with Crippen LogP contribution in [0.3, 0.4) is 0 Å². The number of ether oxygens (including phenoxy) is 1. The maximum Gasteiger partial charge on any atom is 0.290 e. The summed E-state index contributed by atoms with van der Waals surface area (Å²) in [4.78, 5) is 28.3. The molecule has 6 heteroatoms. The zero-order valence-electron chi connectivity index (χ0n) is 18.8. The molecule has 5 nitrogen and oxygen atoms in total. The van der Waals surface area contributed by atoms with Crippen LogP contribution in [0.2, 0.25) is 0 Å². The van der Waals surface area contributed by atoms with Crippen LogP contribution in [0, 0.1) is 0 Å². The smallest absolute Gasteiger partial charge is 0.290 e. The molecule has 2 aromatic rings. The van der Waals surface area contributed by atoms with E-state index in [0.717, 1.165) is 11.1 Å². The third-order valence-corrected chi connectivity index (χ3v) is 6.25. The van der Waals surface area contributed by atoms with Crippen LogP contribution in [0.25, 0.3) is 0 Å². The Balaban J connectivity index is 1.96. The van der Waals surface area contributed by atoms with Gasteiger partial charge in [0.05, 0.1) is 22.6 Å². The van der Waals surface area contributed by atoms with Crippen LogP contribution in [-0.4, -0.2) is 41.0 Å². The minimum absolute atomic E-state index is 0.00844. The van der Waals surface area contributed by atoms with Crippen molar-refractivity contribution in [2.45, 2.75) is 58.6 Å². The summed E-state index contributed by atoms with van der Waals surface area (Å²) < 4.78 is 5.61. The van der Waals surface area contributed by atoms with E-state index in [9.17, 15) is 14.7 Å². The SMILES string of the molecule is CC(C)OCCCN1C(=O)C(O)=C(C(=O)c2cccs2)[C@@H]1c1ccc(C(C)(C)C)cc1. The summed E-state index contributed by atoms with van der Waals surface area (Å²) >= 11 is 1.31. The molecule has 1 N–H and O–H groups in total. The van der Waals surface area contributed by atoms with Gasteiger partial charge in [0.15, 0.2) is 5.76 Å². The molecule has 3 rings (SSSR count). The predicted octanol–water partition coefficient (Wildman–Crippen LogP) is 5.44. The largest absolute Gasteiger partial charge is 0.503 e. The van der Waals surface area contributed by atoms with E-state index in [-0.39, 0.29) is 22.9 Å². The molecular weight excluding hydrogens is 410 g/mol. The van der Waals surface area contributed by atoms with Gasteiger partial charge < -0.3 is 14.7 Å². The topological polar surface area (TPSA) is 66.8 Å². The van der Waals surface area contributed by atoms with Gasteiger partial charge in [0.25, 0.3) is 5.91 Å². The number of nitrogens with zero attached hydrogens (tertiary/aromatic N) is 1. The highest BCUT2D eigenvalue weighted by Crippen LogP contribution is 2.40. The van der Waals surface area contributed by atoms with Crippen molar-refractivity contribution < 1.29 is 19.4 Å². The molecule has 166 valence electrons. The first-order valence-corrected chi connectivity index (χ1v) is 11.5. The van der Waals surface area contributed by atoms with Crippen LogP contribution in [0.5, 0.6) is 0 Å². The predicted molar refractivity (Wildman–Crippen MR) is 124 cm³/mol. The van der Waals surface area contributed by atoms with E-state index in [2.05, 4.69) is 20.8 Å². The molecule has 0 aliphatic carbocycles. The number of thiophene rings is 1. The van der Waals surface area contributed by atoms with Crippen molar-refractivity contribution in [3.63, 3.8) is 0 Å². The molecule has 0 saturated heterocycles. The van der Waals surface area contributed by atoms with Crippen molar-refractivity contribution in [2.24, 2.45) is 0 Å². The Kier molecular flexibility index (Phi) is 7.02. The molecule has 0 spiro atoms. The van der Waals surface area contributed by atoms with Gasteiger partial charge in [0.1, 0.15) is 0 Å². The second-order valence-electron chi connectivity index (χ2n) is 9.11. The Labute approximate surface area is 188 Å². The van der Waals surface area contributed by atoms with E-state index in [1.807, 2.05) is 43.5 Å². The van der Waals surface area contributed by atoms with Crippen LogP contribution in [-0.2, 0) is 14.9 Å². The first-order valence-electron chi connectivity index (χ1n) is 10.7. The fraction of sp³-hybridized carbons (Fsp3) is 0.440. The fourth-order valence-corrected chi connectivity index (χ4v) is 4.40. The van der Waals surface area contributed by atoms with Gasteiger partial charge in [-0.1, -0.05) is 51.1 Å². The number of ketones is 1. The third-order valence-electron chi connectivity index (χ3n) is 5.38. The normalized spacial score (nSPS) is 17.2. The number of aliphatic hydroxyl groups excluding tert-OH is 1. The lowest BCUT2D eigenvalue weighted by atomic mass is 9.85. The van der Waals surface area contributed by atoms with Crippen molar-refractivity contribution >= 4 is 23.0 Å². The van der Waals surface area contributed by atoms with Gasteiger partial charge in [-0.15, -0.1) is 11.3 Å². The highest BCUT2D eigenvalue weighted by molar-refractivity contribution is 7.12. The van der Waals surface area contributed by atoms with Gasteiger partial charge in [0.2, 0.25) is 5.78 Å². The first kappa shape index (κ1) is 23.2. The van der Waals surface area contributed by atoms with Crippen molar-refractivity contribution in [3.8, 4) is 0 Å². The quantitative estimate of drug-likeness (QED) is 0.438. The third kappa shape index (κ3) is 5.08. The van der Waals surface area contributed by atoms with E-state index >= 15 is 0 Å². The number of carbonyl (C=O) groups is 2. The lowest BCUT2D eigenvalue weighted by molar-refractivity contribution is -0.129. The molecule has 2 heterocycles. The maximum atomic E-state index is 13.2. The number of hydrogen-bond acceptors (Lipinski definition) is 5. The van der Waals surface area contributed by atoms with Crippen LogP contribution in [0.4, 0.5) is 0 Å². The van der Waals surface area contributed by atoms with Crippen LogP contribution < -0.4 is 0 Å². The van der Waals surface area contributed by atoms with Gasteiger partial charge in [-0.25, -0.2) is 0 Å². The lowest BCUT2D eigenvalue weighted by Gasteiger charge is -2.28. The Morgan fingerprint density at radius 3 is 2.42 bits per heavy atom. The highest BCUT2D eigenvalue weighted by Gasteiger charge is 2.43. The Bertz CT molecular complexity index is 952. The van der Waals surface area contributed by atoms with Gasteiger partial charge in [0, 0.05) is 13.2 Å². The van der Waals surface area contributed by atoms with Gasteiger partial charge >= 0.3 is 0 Å². The van der Waals surface area contributed by atoms with Gasteiger partial charge in [-0.3, -0.25) is 9.59 Å². The van der Waals surface area contributed by atoms with E-state index in [0.29, 0.717) is 24.4 Å². The molecule has 0 fully saturated rings. The summed E-state index contributed by atoms with van der Waals surface area (Å²) in [7, 11) is 0. The number of amides is 1. The van der Waals surface area contributed by atoms with E-state index in [1.165, 1.54) is 11.3 Å². The van der Waals surface area contributed by atoms with Gasteiger partial charge in [-0.2, -0.15) is 0 Å². The highest BCUT2D eigenvalue weighted by atomic mass is 32.1. The molecule has 1 aromatic heterocycles. The molecule has 1 aliphatic rings. The molecule has 1 aromatic carbocycles. The molecule has 0 saturated carbocycles. The minimum Gasteiger partial charge on any atom is -0.503 e. The maximum absolute atomic E-state index is 13.2. The van der Waals surface area contributed by atoms with Crippen LogP contribution in [0.15, 0.2) is 53.1 Å². The number of aliphatic hydroxyl groups is 1. The number of carbonyl (C=O) groups excluding carboxylic acids is 2. The zero-order chi connectivity index (χ0) is 22.8. The number of rotatable bonds is 8. The van der Waals surface area contributed by atoms with Crippen LogP contribution in [0.1, 0.15) is 67.9 Å². The summed E-state index contributed by atoms with van der Waals surface area (Å²) in [6, 6.07) is 10.9. The number of Topliss-reactive ketones (excluding diaryl/α,β-unsaturated/α-hetero) is 1. The van der Waals surface area contributed by atoms with Crippen LogP contribution >= 0.6 is 11.3 Å². The van der Waals surface area contributed by atoms with Crippen molar-refractivity contribution in [1.29, 1.82) is 0 Å². The summed E-state index contributed by atoms with van der Waals surface area (Å²) in [6.45, 7) is 11.2. The molecule has 1 aliphatic heterocycles. The van der Waals surface area contributed by atoms with Crippen molar-refractivity contribution in [3.05, 3.63) is 69.1 Å². The summed E-state index contributed by atoms with van der Waals surface area (Å²) in [5.74, 6) is -1.26. The second-order valence-corrected chi connectivity index (χ2v) is 10.1. The second kappa shape index (κ2) is 9.37. The number of benzene rings is 1. The molecule has 1 amide bonds. The van der Waals surface area contributed by atoms with E-state index in [4.69, 9.17) is 4.74 Å². The zero-order valence-corrected chi connectivity index (χ0v) is 19.7. The molecule has 1 atom stereocenters. The minimum atomic E-state index is -0.616. The molecule has 0 bridgehead atoms. The fourth-order valence-electron chi connectivity index (χ4n) is 3.72. The molecule has 0 unspecified atom stereocenters. The summed E-state index contributed by atoms with van der Waals surface area (Å²) in [5, 5.41) is 12.5. The average molecular weight is 442 g/mol. The average Bonchev–Trinajstić information content (AvgIpc) is 3.33.